The van der Waals surface area contributed by atoms with Gasteiger partial charge in [0.2, 0.25) is 5.95 Å². The highest BCUT2D eigenvalue weighted by Gasteiger charge is 2.21. The highest BCUT2D eigenvalue weighted by molar-refractivity contribution is 7.22. The Morgan fingerprint density at radius 2 is 1.79 bits per heavy atom. The van der Waals surface area contributed by atoms with Gasteiger partial charge in [-0.25, -0.2) is 19.3 Å². The van der Waals surface area contributed by atoms with Crippen LogP contribution in [0.2, 0.25) is 0 Å². The maximum atomic E-state index is 13.3. The van der Waals surface area contributed by atoms with Crippen LogP contribution in [0.15, 0.2) is 30.6 Å². The predicted octanol–water partition coefficient (Wildman–Crippen LogP) is 2.56. The Labute approximate surface area is 142 Å². The van der Waals surface area contributed by atoms with Crippen LogP contribution >= 0.6 is 11.3 Å². The van der Waals surface area contributed by atoms with Crippen LogP contribution in [0.25, 0.3) is 10.2 Å². The van der Waals surface area contributed by atoms with E-state index in [2.05, 4.69) is 24.8 Å². The van der Waals surface area contributed by atoms with Crippen molar-refractivity contribution in [2.45, 2.75) is 0 Å². The van der Waals surface area contributed by atoms with Crippen molar-refractivity contribution >= 4 is 32.6 Å². The molecule has 0 atom stereocenters. The molecule has 1 aliphatic rings. The Morgan fingerprint density at radius 3 is 2.50 bits per heavy atom. The molecule has 1 fully saturated rings. The summed E-state index contributed by atoms with van der Waals surface area (Å²) in [6, 6.07) is 4.72. The molecule has 3 aromatic rings. The topological polar surface area (TPSA) is 54.4 Å². The van der Waals surface area contributed by atoms with Crippen LogP contribution < -0.4 is 14.5 Å². The molecule has 4 rings (SSSR count). The van der Waals surface area contributed by atoms with Crippen molar-refractivity contribution in [3.63, 3.8) is 0 Å². The van der Waals surface area contributed by atoms with Gasteiger partial charge in [0.25, 0.3) is 0 Å². The van der Waals surface area contributed by atoms with Gasteiger partial charge in [-0.15, -0.1) is 0 Å². The number of halogens is 1. The van der Waals surface area contributed by atoms with Gasteiger partial charge in [-0.05, 0) is 18.2 Å². The standard InChI is InChI=1S/C16H16FN5OS/c1-23-12-9-18-15(19-10-12)21-4-6-22(7-5-21)16-20-13-3-2-11(17)8-14(13)24-16/h2-3,8-10H,4-7H2,1H3. The average Bonchev–Trinajstić information content (AvgIpc) is 3.05. The third-order valence-corrected chi connectivity index (χ3v) is 5.10. The Bertz CT molecular complexity index is 845. The van der Waals surface area contributed by atoms with Crippen LogP contribution in [-0.2, 0) is 0 Å². The number of hydrogen-bond donors (Lipinski definition) is 0. The summed E-state index contributed by atoms with van der Waals surface area (Å²) in [6.45, 7) is 3.29. The summed E-state index contributed by atoms with van der Waals surface area (Å²) >= 11 is 1.53. The molecule has 1 aliphatic heterocycles. The molecule has 3 heterocycles. The Kier molecular flexibility index (Phi) is 3.89. The largest absolute Gasteiger partial charge is 0.494 e. The maximum Gasteiger partial charge on any atom is 0.225 e. The van der Waals surface area contributed by atoms with Crippen molar-refractivity contribution in [1.82, 2.24) is 15.0 Å². The van der Waals surface area contributed by atoms with Crippen LogP contribution in [0.3, 0.4) is 0 Å². The lowest BCUT2D eigenvalue weighted by Gasteiger charge is -2.34. The molecular weight excluding hydrogens is 329 g/mol. The van der Waals surface area contributed by atoms with E-state index in [1.54, 1.807) is 25.6 Å². The molecule has 1 saturated heterocycles. The SMILES string of the molecule is COc1cnc(N2CCN(c3nc4ccc(F)cc4s3)CC2)nc1. The van der Waals surface area contributed by atoms with E-state index in [0.717, 1.165) is 41.5 Å². The number of nitrogens with zero attached hydrogens (tertiary/aromatic N) is 5. The second kappa shape index (κ2) is 6.20. The molecule has 0 radical (unpaired) electrons. The fraction of sp³-hybridized carbons (Fsp3) is 0.312. The van der Waals surface area contributed by atoms with Gasteiger partial charge in [0.05, 0.1) is 29.7 Å². The number of ether oxygens (including phenoxy) is 1. The molecule has 1 aromatic carbocycles. The van der Waals surface area contributed by atoms with Gasteiger partial charge < -0.3 is 14.5 Å². The second-order valence-electron chi connectivity index (χ2n) is 5.51. The minimum Gasteiger partial charge on any atom is -0.494 e. The number of hydrogen-bond acceptors (Lipinski definition) is 7. The summed E-state index contributed by atoms with van der Waals surface area (Å²) in [5.41, 5.74) is 0.845. The molecule has 0 saturated carbocycles. The van der Waals surface area contributed by atoms with Crippen LogP contribution in [-0.4, -0.2) is 48.2 Å². The first-order chi connectivity index (χ1) is 11.7. The Balaban J connectivity index is 1.46. The van der Waals surface area contributed by atoms with E-state index in [0.29, 0.717) is 11.7 Å². The van der Waals surface area contributed by atoms with E-state index in [1.807, 2.05) is 0 Å². The monoisotopic (exact) mass is 345 g/mol. The van der Waals surface area contributed by atoms with Gasteiger partial charge in [-0.3, -0.25) is 0 Å². The average molecular weight is 345 g/mol. The second-order valence-corrected chi connectivity index (χ2v) is 6.51. The van der Waals surface area contributed by atoms with E-state index in [1.165, 1.54) is 23.5 Å². The molecule has 2 aromatic heterocycles. The van der Waals surface area contributed by atoms with Crippen LogP contribution in [0.5, 0.6) is 5.75 Å². The number of methoxy groups -OCH3 is 1. The summed E-state index contributed by atoms with van der Waals surface area (Å²) < 4.78 is 19.3. The molecule has 0 unspecified atom stereocenters. The molecule has 8 heteroatoms. The quantitative estimate of drug-likeness (QED) is 0.727. The lowest BCUT2D eigenvalue weighted by atomic mass is 10.3. The summed E-state index contributed by atoms with van der Waals surface area (Å²) in [6.07, 6.45) is 3.35. The minimum atomic E-state index is -0.223. The highest BCUT2D eigenvalue weighted by Crippen LogP contribution is 2.30. The van der Waals surface area contributed by atoms with Crippen LogP contribution in [0, 0.1) is 5.82 Å². The normalized spacial score (nSPS) is 15.1. The lowest BCUT2D eigenvalue weighted by molar-refractivity contribution is 0.410. The highest BCUT2D eigenvalue weighted by atomic mass is 32.1. The summed E-state index contributed by atoms with van der Waals surface area (Å²) in [5, 5.41) is 0.936. The van der Waals surface area contributed by atoms with Gasteiger partial charge in [-0.1, -0.05) is 11.3 Å². The Hall–Kier alpha value is -2.48. The molecule has 6 nitrogen and oxygen atoms in total. The van der Waals surface area contributed by atoms with E-state index < -0.39 is 0 Å². The van der Waals surface area contributed by atoms with E-state index in [4.69, 9.17) is 4.74 Å². The summed E-state index contributed by atoms with van der Waals surface area (Å²) in [7, 11) is 1.60. The zero-order valence-electron chi connectivity index (χ0n) is 13.1. The van der Waals surface area contributed by atoms with Crippen molar-refractivity contribution in [2.75, 3.05) is 43.1 Å². The maximum absolute atomic E-state index is 13.3. The number of benzene rings is 1. The van der Waals surface area contributed by atoms with E-state index in [9.17, 15) is 4.39 Å². The van der Waals surface area contributed by atoms with Crippen LogP contribution in [0.1, 0.15) is 0 Å². The zero-order chi connectivity index (χ0) is 16.5. The van der Waals surface area contributed by atoms with Crippen LogP contribution in [0.4, 0.5) is 15.5 Å². The molecule has 24 heavy (non-hydrogen) atoms. The van der Waals surface area contributed by atoms with Crippen molar-refractivity contribution in [3.05, 3.63) is 36.4 Å². The summed E-state index contributed by atoms with van der Waals surface area (Å²) in [4.78, 5) is 17.6. The number of anilines is 2. The predicted molar refractivity (Wildman–Crippen MR) is 92.6 cm³/mol. The third-order valence-electron chi connectivity index (χ3n) is 4.02. The molecule has 0 spiro atoms. The van der Waals surface area contributed by atoms with E-state index in [-0.39, 0.29) is 5.82 Å². The van der Waals surface area contributed by atoms with Crippen molar-refractivity contribution in [2.24, 2.45) is 0 Å². The van der Waals surface area contributed by atoms with Gasteiger partial charge in [0.1, 0.15) is 5.82 Å². The number of fused-ring (bicyclic) bond motifs is 1. The number of rotatable bonds is 3. The molecular formula is C16H16FN5OS. The van der Waals surface area contributed by atoms with Gasteiger partial charge in [0, 0.05) is 26.2 Å². The van der Waals surface area contributed by atoms with Crippen molar-refractivity contribution in [1.29, 1.82) is 0 Å². The molecule has 124 valence electrons. The van der Waals surface area contributed by atoms with E-state index >= 15 is 0 Å². The Morgan fingerprint density at radius 1 is 1.08 bits per heavy atom. The van der Waals surface area contributed by atoms with Gasteiger partial charge >= 0.3 is 0 Å². The third kappa shape index (κ3) is 2.84. The molecule has 0 amide bonds. The first-order valence-corrected chi connectivity index (χ1v) is 8.46. The summed E-state index contributed by atoms with van der Waals surface area (Å²) in [5.74, 6) is 1.14. The first kappa shape index (κ1) is 15.1. The molecule has 0 N–H and O–H groups in total. The number of piperazine rings is 1. The minimum absolute atomic E-state index is 0.223. The van der Waals surface area contributed by atoms with Gasteiger partial charge in [-0.2, -0.15) is 0 Å². The van der Waals surface area contributed by atoms with Gasteiger partial charge in [0.15, 0.2) is 10.9 Å². The smallest absolute Gasteiger partial charge is 0.225 e. The van der Waals surface area contributed by atoms with Crippen molar-refractivity contribution in [3.8, 4) is 5.75 Å². The molecule has 0 aliphatic carbocycles. The zero-order valence-corrected chi connectivity index (χ0v) is 14.0. The number of aromatic nitrogens is 3. The fourth-order valence-electron chi connectivity index (χ4n) is 2.70. The fourth-order valence-corrected chi connectivity index (χ4v) is 3.74. The number of thiazole rings is 1. The van der Waals surface area contributed by atoms with Crippen molar-refractivity contribution < 1.29 is 9.13 Å². The first-order valence-electron chi connectivity index (χ1n) is 7.65. The lowest BCUT2D eigenvalue weighted by Crippen LogP contribution is -2.47. The molecule has 0 bridgehead atoms.